The highest BCUT2D eigenvalue weighted by Crippen LogP contribution is 2.18. The van der Waals surface area contributed by atoms with Crippen molar-refractivity contribution in [3.8, 4) is 0 Å². The first-order valence-corrected chi connectivity index (χ1v) is 5.25. The highest BCUT2D eigenvalue weighted by atomic mass is 16.3. The predicted molar refractivity (Wildman–Crippen MR) is 57.9 cm³/mol. The summed E-state index contributed by atoms with van der Waals surface area (Å²) in [6, 6.07) is 0. The molecule has 0 rings (SSSR count). The molecule has 0 saturated carbocycles. The van der Waals surface area contributed by atoms with Crippen LogP contribution < -0.4 is 5.32 Å². The molecule has 0 aliphatic rings. The van der Waals surface area contributed by atoms with Crippen molar-refractivity contribution in [2.75, 3.05) is 13.2 Å². The van der Waals surface area contributed by atoms with Gasteiger partial charge in [-0.25, -0.2) is 0 Å². The van der Waals surface area contributed by atoms with E-state index in [0.29, 0.717) is 18.9 Å². The van der Waals surface area contributed by atoms with Gasteiger partial charge in [0.15, 0.2) is 0 Å². The molecule has 2 N–H and O–H groups in total. The molecule has 0 saturated heterocycles. The normalized spacial score (nSPS) is 11.9. The van der Waals surface area contributed by atoms with Crippen molar-refractivity contribution in [1.82, 2.24) is 5.32 Å². The first-order chi connectivity index (χ1) is 6.37. The third-order valence-electron chi connectivity index (χ3n) is 2.15. The number of carbonyl (C=O) groups is 1. The maximum Gasteiger partial charge on any atom is 0.220 e. The maximum absolute atomic E-state index is 11.3. The maximum atomic E-state index is 11.3. The van der Waals surface area contributed by atoms with Gasteiger partial charge in [-0.05, 0) is 17.8 Å². The Balaban J connectivity index is 3.75. The van der Waals surface area contributed by atoms with E-state index in [1.165, 1.54) is 0 Å². The lowest BCUT2D eigenvalue weighted by atomic mass is 9.89. The van der Waals surface area contributed by atoms with Crippen LogP contribution in [0.3, 0.4) is 0 Å². The van der Waals surface area contributed by atoms with Crippen LogP contribution in [0.5, 0.6) is 0 Å². The molecular formula is C11H23NO2. The van der Waals surface area contributed by atoms with Crippen LogP contribution in [-0.2, 0) is 4.79 Å². The van der Waals surface area contributed by atoms with E-state index < -0.39 is 0 Å². The van der Waals surface area contributed by atoms with E-state index in [-0.39, 0.29) is 17.9 Å². The van der Waals surface area contributed by atoms with Gasteiger partial charge in [0.25, 0.3) is 0 Å². The van der Waals surface area contributed by atoms with Crippen LogP contribution >= 0.6 is 0 Å². The summed E-state index contributed by atoms with van der Waals surface area (Å²) in [5.41, 5.74) is -0.0125. The van der Waals surface area contributed by atoms with Crippen molar-refractivity contribution in [2.24, 2.45) is 11.3 Å². The third kappa shape index (κ3) is 6.89. The summed E-state index contributed by atoms with van der Waals surface area (Å²) in [5, 5.41) is 11.7. The van der Waals surface area contributed by atoms with E-state index in [0.717, 1.165) is 6.42 Å². The van der Waals surface area contributed by atoms with Crippen LogP contribution in [0.4, 0.5) is 0 Å². The van der Waals surface area contributed by atoms with E-state index in [1.807, 2.05) is 27.7 Å². The van der Waals surface area contributed by atoms with Gasteiger partial charge in [-0.1, -0.05) is 27.7 Å². The molecule has 14 heavy (non-hydrogen) atoms. The molecule has 3 heteroatoms. The smallest absolute Gasteiger partial charge is 0.220 e. The lowest BCUT2D eigenvalue weighted by Gasteiger charge is -2.24. The van der Waals surface area contributed by atoms with Gasteiger partial charge in [-0.15, -0.1) is 0 Å². The standard InChI is InChI=1S/C11H23NO2/c1-9(2)7-10(14)12-8-11(3,4)5-6-13/h9,13H,5-8H2,1-4H3,(H,12,14). The summed E-state index contributed by atoms with van der Waals surface area (Å²) in [7, 11) is 0. The topological polar surface area (TPSA) is 49.3 Å². The number of hydrogen-bond acceptors (Lipinski definition) is 2. The Hall–Kier alpha value is -0.570. The van der Waals surface area contributed by atoms with Crippen LogP contribution in [-0.4, -0.2) is 24.2 Å². The number of carbonyl (C=O) groups excluding carboxylic acids is 1. The number of nitrogens with one attached hydrogen (secondary N) is 1. The molecule has 0 bridgehead atoms. The van der Waals surface area contributed by atoms with E-state index >= 15 is 0 Å². The number of rotatable bonds is 6. The summed E-state index contributed by atoms with van der Waals surface area (Å²) in [6.07, 6.45) is 1.30. The fourth-order valence-electron chi connectivity index (χ4n) is 1.17. The van der Waals surface area contributed by atoms with Gasteiger partial charge >= 0.3 is 0 Å². The lowest BCUT2D eigenvalue weighted by molar-refractivity contribution is -0.122. The van der Waals surface area contributed by atoms with Gasteiger partial charge in [-0.2, -0.15) is 0 Å². The molecule has 3 nitrogen and oxygen atoms in total. The van der Waals surface area contributed by atoms with Gasteiger partial charge in [0.05, 0.1) is 0 Å². The Morgan fingerprint density at radius 3 is 2.43 bits per heavy atom. The van der Waals surface area contributed by atoms with Crippen LogP contribution in [0.15, 0.2) is 0 Å². The molecular weight excluding hydrogens is 178 g/mol. The molecule has 0 unspecified atom stereocenters. The molecule has 0 spiro atoms. The summed E-state index contributed by atoms with van der Waals surface area (Å²) in [5.74, 6) is 0.502. The Morgan fingerprint density at radius 2 is 2.00 bits per heavy atom. The van der Waals surface area contributed by atoms with Crippen molar-refractivity contribution in [2.45, 2.75) is 40.5 Å². The van der Waals surface area contributed by atoms with Gasteiger partial charge in [0.1, 0.15) is 0 Å². The van der Waals surface area contributed by atoms with Crippen molar-refractivity contribution in [1.29, 1.82) is 0 Å². The number of hydrogen-bond donors (Lipinski definition) is 2. The van der Waals surface area contributed by atoms with Gasteiger partial charge in [-0.3, -0.25) is 4.79 Å². The first-order valence-electron chi connectivity index (χ1n) is 5.25. The molecule has 0 aromatic rings. The average molecular weight is 201 g/mol. The monoisotopic (exact) mass is 201 g/mol. The average Bonchev–Trinajstić information content (AvgIpc) is 2.00. The third-order valence-corrected chi connectivity index (χ3v) is 2.15. The van der Waals surface area contributed by atoms with Crippen molar-refractivity contribution in [3.63, 3.8) is 0 Å². The van der Waals surface area contributed by atoms with Gasteiger partial charge in [0.2, 0.25) is 5.91 Å². The molecule has 0 heterocycles. The minimum atomic E-state index is -0.0125. The number of amides is 1. The fourth-order valence-corrected chi connectivity index (χ4v) is 1.17. The zero-order chi connectivity index (χ0) is 11.2. The zero-order valence-electron chi connectivity index (χ0n) is 9.76. The Morgan fingerprint density at radius 1 is 1.43 bits per heavy atom. The first kappa shape index (κ1) is 13.4. The quantitative estimate of drug-likeness (QED) is 0.685. The Kier molecular flexibility index (Phi) is 5.77. The minimum Gasteiger partial charge on any atom is -0.396 e. The van der Waals surface area contributed by atoms with Crippen LogP contribution in [0, 0.1) is 11.3 Å². The molecule has 0 aliphatic heterocycles. The van der Waals surface area contributed by atoms with Crippen LogP contribution in [0.25, 0.3) is 0 Å². The van der Waals surface area contributed by atoms with Gasteiger partial charge in [0, 0.05) is 19.6 Å². The zero-order valence-corrected chi connectivity index (χ0v) is 9.76. The van der Waals surface area contributed by atoms with Crippen molar-refractivity contribution >= 4 is 5.91 Å². The molecule has 0 fully saturated rings. The van der Waals surface area contributed by atoms with E-state index in [1.54, 1.807) is 0 Å². The number of aliphatic hydroxyl groups is 1. The van der Waals surface area contributed by atoms with Crippen LogP contribution in [0.2, 0.25) is 0 Å². The summed E-state index contributed by atoms with van der Waals surface area (Å²) >= 11 is 0. The summed E-state index contributed by atoms with van der Waals surface area (Å²) < 4.78 is 0. The SMILES string of the molecule is CC(C)CC(=O)NCC(C)(C)CCO. The molecule has 0 aromatic carbocycles. The molecule has 1 amide bonds. The van der Waals surface area contributed by atoms with Crippen molar-refractivity contribution in [3.05, 3.63) is 0 Å². The van der Waals surface area contributed by atoms with Gasteiger partial charge < -0.3 is 10.4 Å². The molecule has 0 aromatic heterocycles. The van der Waals surface area contributed by atoms with Crippen LogP contribution in [0.1, 0.15) is 40.5 Å². The molecule has 0 atom stereocenters. The highest BCUT2D eigenvalue weighted by molar-refractivity contribution is 5.76. The summed E-state index contributed by atoms with van der Waals surface area (Å²) in [4.78, 5) is 11.3. The largest absolute Gasteiger partial charge is 0.396 e. The van der Waals surface area contributed by atoms with E-state index in [2.05, 4.69) is 5.32 Å². The second-order valence-corrected chi connectivity index (χ2v) is 5.01. The predicted octanol–water partition coefficient (Wildman–Crippen LogP) is 1.56. The van der Waals surface area contributed by atoms with E-state index in [9.17, 15) is 4.79 Å². The molecule has 0 radical (unpaired) electrons. The molecule has 0 aliphatic carbocycles. The molecule has 84 valence electrons. The second kappa shape index (κ2) is 6.02. The Labute approximate surface area is 86.9 Å². The highest BCUT2D eigenvalue weighted by Gasteiger charge is 2.18. The number of aliphatic hydroxyl groups excluding tert-OH is 1. The Bertz CT molecular complexity index is 176. The summed E-state index contributed by atoms with van der Waals surface area (Å²) in [6.45, 7) is 8.95. The lowest BCUT2D eigenvalue weighted by Crippen LogP contribution is -2.34. The second-order valence-electron chi connectivity index (χ2n) is 5.01. The van der Waals surface area contributed by atoms with E-state index in [4.69, 9.17) is 5.11 Å². The minimum absolute atomic E-state index is 0.0125. The van der Waals surface area contributed by atoms with Crippen molar-refractivity contribution < 1.29 is 9.90 Å². The fraction of sp³-hybridized carbons (Fsp3) is 0.909.